The topological polar surface area (TPSA) is 113 Å². The van der Waals surface area contributed by atoms with Crippen LogP contribution in [0.4, 0.5) is 33.7 Å². The number of carbonyl (C=O) groups excluding carboxylic acids is 2. The smallest absolute Gasteiger partial charge is 0.364 e. The highest BCUT2D eigenvalue weighted by molar-refractivity contribution is 6.08. The number of nitrogens with one attached hydrogen (secondary N) is 3. The SMILES string of the molecule is NC(=O)c1[nH]c2cccnc2c1-c1ccc(NC(=O)Nc2cc(F)cc(C(F)(F)F)c2)cc1. The summed E-state index contributed by atoms with van der Waals surface area (Å²) >= 11 is 0. The molecule has 0 aliphatic rings. The Labute approximate surface area is 183 Å². The number of nitrogens with two attached hydrogens (primary N) is 1. The molecule has 0 unspecified atom stereocenters. The van der Waals surface area contributed by atoms with E-state index < -0.39 is 29.5 Å². The number of fused-ring (bicyclic) bond motifs is 1. The zero-order valence-electron chi connectivity index (χ0n) is 16.6. The Hall–Kier alpha value is -4.41. The van der Waals surface area contributed by atoms with Gasteiger partial charge in [0.2, 0.25) is 0 Å². The minimum absolute atomic E-state index is 0.175. The van der Waals surface area contributed by atoms with Gasteiger partial charge in [0, 0.05) is 23.1 Å². The van der Waals surface area contributed by atoms with Gasteiger partial charge in [-0.3, -0.25) is 9.78 Å². The van der Waals surface area contributed by atoms with Gasteiger partial charge in [0.15, 0.2) is 0 Å². The van der Waals surface area contributed by atoms with Crippen molar-refractivity contribution in [1.29, 1.82) is 0 Å². The maximum absolute atomic E-state index is 13.5. The number of rotatable bonds is 4. The van der Waals surface area contributed by atoms with Crippen molar-refractivity contribution in [3.8, 4) is 11.1 Å². The van der Waals surface area contributed by atoms with E-state index in [9.17, 15) is 27.2 Å². The molecule has 2 aromatic carbocycles. The second-order valence-electron chi connectivity index (χ2n) is 7.02. The van der Waals surface area contributed by atoms with Crippen molar-refractivity contribution < 1.29 is 27.2 Å². The van der Waals surface area contributed by atoms with Crippen molar-refractivity contribution in [3.05, 3.63) is 77.9 Å². The average molecular weight is 457 g/mol. The van der Waals surface area contributed by atoms with Gasteiger partial charge in [-0.2, -0.15) is 13.2 Å². The number of anilines is 2. The maximum atomic E-state index is 13.5. The lowest BCUT2D eigenvalue weighted by Crippen LogP contribution is -2.20. The maximum Gasteiger partial charge on any atom is 0.416 e. The standard InChI is InChI=1S/C22H15F4N5O2/c23-13-8-12(22(24,25)26)9-15(10-13)30-21(33)29-14-5-3-11(4-6-14)17-18-16(2-1-7-28-18)31-19(17)20(27)32/h1-10,31H,(H2,27,32)(H2,29,30,33). The minimum atomic E-state index is -4.76. The summed E-state index contributed by atoms with van der Waals surface area (Å²) in [4.78, 5) is 31.3. The van der Waals surface area contributed by atoms with Gasteiger partial charge in [-0.05, 0) is 48.0 Å². The van der Waals surface area contributed by atoms with Crippen LogP contribution in [0.2, 0.25) is 0 Å². The van der Waals surface area contributed by atoms with E-state index in [0.717, 1.165) is 6.07 Å². The van der Waals surface area contributed by atoms with Crippen molar-refractivity contribution in [3.63, 3.8) is 0 Å². The molecular formula is C22H15F4N5O2. The van der Waals surface area contributed by atoms with Crippen LogP contribution in [0, 0.1) is 5.82 Å². The lowest BCUT2D eigenvalue weighted by Gasteiger charge is -2.12. The van der Waals surface area contributed by atoms with Gasteiger partial charge in [-0.15, -0.1) is 0 Å². The summed E-state index contributed by atoms with van der Waals surface area (Å²) in [6.45, 7) is 0. The van der Waals surface area contributed by atoms with Crippen LogP contribution in [-0.2, 0) is 6.18 Å². The number of nitrogens with zero attached hydrogens (tertiary/aromatic N) is 1. The third-order valence-corrected chi connectivity index (χ3v) is 4.72. The lowest BCUT2D eigenvalue weighted by molar-refractivity contribution is -0.137. The van der Waals surface area contributed by atoms with Crippen LogP contribution in [0.25, 0.3) is 22.2 Å². The van der Waals surface area contributed by atoms with Crippen LogP contribution in [0.1, 0.15) is 16.1 Å². The molecule has 11 heteroatoms. The van der Waals surface area contributed by atoms with Crippen LogP contribution in [0.15, 0.2) is 60.8 Å². The van der Waals surface area contributed by atoms with Crippen molar-refractivity contribution in [2.24, 2.45) is 5.73 Å². The lowest BCUT2D eigenvalue weighted by atomic mass is 10.0. The molecule has 0 fully saturated rings. The third kappa shape index (κ3) is 4.61. The first kappa shape index (κ1) is 21.8. The first-order valence-corrected chi connectivity index (χ1v) is 9.44. The highest BCUT2D eigenvalue weighted by Crippen LogP contribution is 2.33. The van der Waals surface area contributed by atoms with Crippen LogP contribution < -0.4 is 16.4 Å². The molecule has 7 nitrogen and oxygen atoms in total. The second-order valence-corrected chi connectivity index (χ2v) is 7.02. The Kier molecular flexibility index (Phi) is 5.46. The number of carbonyl (C=O) groups is 2. The molecule has 5 N–H and O–H groups in total. The number of primary amides is 1. The Balaban J connectivity index is 1.54. The molecule has 3 amide bonds. The molecule has 0 radical (unpaired) electrons. The summed E-state index contributed by atoms with van der Waals surface area (Å²) in [7, 11) is 0. The Morgan fingerprint density at radius 1 is 0.970 bits per heavy atom. The summed E-state index contributed by atoms with van der Waals surface area (Å²) in [5, 5.41) is 4.61. The van der Waals surface area contributed by atoms with Gasteiger partial charge in [0.05, 0.1) is 16.6 Å². The molecule has 4 aromatic rings. The zero-order chi connectivity index (χ0) is 23.8. The van der Waals surface area contributed by atoms with Crippen molar-refractivity contribution >= 4 is 34.3 Å². The van der Waals surface area contributed by atoms with E-state index in [1.165, 1.54) is 12.1 Å². The van der Waals surface area contributed by atoms with E-state index in [1.54, 1.807) is 30.5 Å². The first-order valence-electron chi connectivity index (χ1n) is 9.44. The fourth-order valence-electron chi connectivity index (χ4n) is 3.33. The van der Waals surface area contributed by atoms with Gasteiger partial charge < -0.3 is 21.4 Å². The first-order chi connectivity index (χ1) is 15.6. The average Bonchev–Trinajstić information content (AvgIpc) is 3.13. The van der Waals surface area contributed by atoms with Crippen molar-refractivity contribution in [2.45, 2.75) is 6.18 Å². The Bertz CT molecular complexity index is 1360. The van der Waals surface area contributed by atoms with E-state index in [2.05, 4.69) is 20.6 Å². The van der Waals surface area contributed by atoms with Crippen molar-refractivity contribution in [2.75, 3.05) is 10.6 Å². The number of amides is 3. The number of hydrogen-bond acceptors (Lipinski definition) is 3. The highest BCUT2D eigenvalue weighted by atomic mass is 19.4. The van der Waals surface area contributed by atoms with E-state index >= 15 is 0 Å². The predicted molar refractivity (Wildman–Crippen MR) is 114 cm³/mol. The summed E-state index contributed by atoms with van der Waals surface area (Å²) in [6, 6.07) is 10.6. The van der Waals surface area contributed by atoms with Crippen LogP contribution in [-0.4, -0.2) is 21.9 Å². The van der Waals surface area contributed by atoms with E-state index in [-0.39, 0.29) is 11.4 Å². The molecule has 0 saturated carbocycles. The van der Waals surface area contributed by atoms with Crippen LogP contribution >= 0.6 is 0 Å². The molecule has 2 heterocycles. The largest absolute Gasteiger partial charge is 0.416 e. The normalized spacial score (nSPS) is 11.4. The number of aromatic amines is 1. The van der Waals surface area contributed by atoms with Gasteiger partial charge in [-0.1, -0.05) is 12.1 Å². The molecule has 4 rings (SSSR count). The quantitative estimate of drug-likeness (QED) is 0.319. The zero-order valence-corrected chi connectivity index (χ0v) is 16.6. The van der Waals surface area contributed by atoms with Crippen molar-refractivity contribution in [1.82, 2.24) is 9.97 Å². The number of pyridine rings is 1. The fourth-order valence-corrected chi connectivity index (χ4v) is 3.33. The Morgan fingerprint density at radius 3 is 2.33 bits per heavy atom. The van der Waals surface area contributed by atoms with Gasteiger partial charge in [0.25, 0.3) is 5.91 Å². The second kappa shape index (κ2) is 8.26. The van der Waals surface area contributed by atoms with Gasteiger partial charge in [-0.25, -0.2) is 9.18 Å². The molecule has 0 bridgehead atoms. The number of H-pyrrole nitrogens is 1. The molecule has 0 atom stereocenters. The summed E-state index contributed by atoms with van der Waals surface area (Å²) < 4.78 is 52.0. The molecule has 168 valence electrons. The summed E-state index contributed by atoms with van der Waals surface area (Å²) in [5.41, 5.74) is 6.62. The monoisotopic (exact) mass is 457 g/mol. The molecule has 2 aromatic heterocycles. The van der Waals surface area contributed by atoms with Crippen LogP contribution in [0.3, 0.4) is 0 Å². The van der Waals surface area contributed by atoms with E-state index in [0.29, 0.717) is 40.0 Å². The fraction of sp³-hybridized carbons (Fsp3) is 0.0455. The molecule has 0 aliphatic heterocycles. The van der Waals surface area contributed by atoms with E-state index in [4.69, 9.17) is 5.73 Å². The van der Waals surface area contributed by atoms with E-state index in [1.807, 2.05) is 0 Å². The number of alkyl halides is 3. The third-order valence-electron chi connectivity index (χ3n) is 4.72. The molecule has 0 aliphatic carbocycles. The summed E-state index contributed by atoms with van der Waals surface area (Å²) in [5.74, 6) is -1.81. The molecule has 33 heavy (non-hydrogen) atoms. The Morgan fingerprint density at radius 2 is 1.67 bits per heavy atom. The summed E-state index contributed by atoms with van der Waals surface area (Å²) in [6.07, 6.45) is -3.19. The molecule has 0 saturated heterocycles. The van der Waals surface area contributed by atoms with Gasteiger partial charge in [0.1, 0.15) is 11.5 Å². The van der Waals surface area contributed by atoms with Gasteiger partial charge >= 0.3 is 12.2 Å². The minimum Gasteiger partial charge on any atom is -0.364 e. The number of hydrogen-bond donors (Lipinski definition) is 4. The molecule has 0 spiro atoms. The predicted octanol–water partition coefficient (Wildman–Crippen LogP) is 5.13. The number of halogens is 4. The van der Waals surface area contributed by atoms with Crippen LogP contribution in [0.5, 0.6) is 0 Å². The highest BCUT2D eigenvalue weighted by Gasteiger charge is 2.31. The number of benzene rings is 2. The number of aromatic nitrogens is 2. The molecular weight excluding hydrogens is 442 g/mol. The number of urea groups is 1.